The van der Waals surface area contributed by atoms with Crippen molar-refractivity contribution in [2.24, 2.45) is 5.92 Å². The van der Waals surface area contributed by atoms with E-state index in [-0.39, 0.29) is 24.3 Å². The van der Waals surface area contributed by atoms with Crippen molar-refractivity contribution in [2.75, 3.05) is 25.0 Å². The normalized spacial score (nSPS) is 16.8. The predicted molar refractivity (Wildman–Crippen MR) is 83.1 cm³/mol. The van der Waals surface area contributed by atoms with Crippen LogP contribution < -0.4 is 16.0 Å². The molecule has 1 aliphatic rings. The Morgan fingerprint density at radius 1 is 1.29 bits per heavy atom. The third kappa shape index (κ3) is 4.21. The summed E-state index contributed by atoms with van der Waals surface area (Å²) in [5, 5.41) is 8.82. The van der Waals surface area contributed by atoms with Crippen molar-refractivity contribution in [3.8, 4) is 0 Å². The molecule has 0 spiro atoms. The van der Waals surface area contributed by atoms with E-state index in [9.17, 15) is 9.59 Å². The molecule has 0 aliphatic carbocycles. The quantitative estimate of drug-likeness (QED) is 0.769. The Morgan fingerprint density at radius 3 is 2.81 bits per heavy atom. The van der Waals surface area contributed by atoms with Crippen LogP contribution in [0.3, 0.4) is 0 Å². The summed E-state index contributed by atoms with van der Waals surface area (Å²) in [6, 6.07) is 7.82. The lowest BCUT2D eigenvalue weighted by atomic mass is 9.90. The van der Waals surface area contributed by atoms with Gasteiger partial charge >= 0.3 is 0 Å². The van der Waals surface area contributed by atoms with Gasteiger partial charge in [-0.15, -0.1) is 0 Å². The lowest BCUT2D eigenvalue weighted by molar-refractivity contribution is -0.127. The molecule has 0 fully saturated rings. The van der Waals surface area contributed by atoms with E-state index in [1.165, 1.54) is 0 Å². The second kappa shape index (κ2) is 7.11. The van der Waals surface area contributed by atoms with Gasteiger partial charge < -0.3 is 16.0 Å². The van der Waals surface area contributed by atoms with E-state index in [1.807, 2.05) is 38.1 Å². The average molecular weight is 289 g/mol. The monoisotopic (exact) mass is 289 g/mol. The first kappa shape index (κ1) is 15.4. The molecule has 21 heavy (non-hydrogen) atoms. The molecule has 114 valence electrons. The van der Waals surface area contributed by atoms with Gasteiger partial charge in [0.1, 0.15) is 0 Å². The van der Waals surface area contributed by atoms with Crippen LogP contribution in [0.4, 0.5) is 5.69 Å². The van der Waals surface area contributed by atoms with Crippen LogP contribution in [0.25, 0.3) is 0 Å². The fraction of sp³-hybridized carbons (Fsp3) is 0.500. The second-order valence-corrected chi connectivity index (χ2v) is 5.77. The van der Waals surface area contributed by atoms with Gasteiger partial charge in [0.15, 0.2) is 0 Å². The van der Waals surface area contributed by atoms with Gasteiger partial charge in [-0.05, 0) is 24.0 Å². The fourth-order valence-corrected chi connectivity index (χ4v) is 2.41. The molecule has 1 unspecified atom stereocenters. The molecule has 3 N–H and O–H groups in total. The van der Waals surface area contributed by atoms with Crippen molar-refractivity contribution < 1.29 is 9.59 Å². The lowest BCUT2D eigenvalue weighted by Crippen LogP contribution is -2.41. The van der Waals surface area contributed by atoms with Crippen LogP contribution in [-0.2, 0) is 9.59 Å². The summed E-state index contributed by atoms with van der Waals surface area (Å²) < 4.78 is 0. The van der Waals surface area contributed by atoms with Crippen LogP contribution in [-0.4, -0.2) is 31.4 Å². The van der Waals surface area contributed by atoms with Crippen LogP contribution >= 0.6 is 0 Å². The standard InChI is InChI=1S/C16H23N3O2/c1-11(2)9-18-15(20)10-19-16(21)13-7-8-17-14-6-4-3-5-12(13)14/h3-6,11,13,17H,7-10H2,1-2H3,(H,18,20)(H,19,21). The zero-order valence-corrected chi connectivity index (χ0v) is 12.6. The molecule has 2 amide bonds. The summed E-state index contributed by atoms with van der Waals surface area (Å²) in [6.07, 6.45) is 0.746. The van der Waals surface area contributed by atoms with Crippen LogP contribution in [0.1, 0.15) is 31.7 Å². The number of benzene rings is 1. The molecule has 5 heteroatoms. The third-order valence-corrected chi connectivity index (χ3v) is 3.53. The Bertz CT molecular complexity index is 514. The SMILES string of the molecule is CC(C)CNC(=O)CNC(=O)C1CCNc2ccccc21. The number of para-hydroxylation sites is 1. The zero-order valence-electron chi connectivity index (χ0n) is 12.6. The van der Waals surface area contributed by atoms with Gasteiger partial charge in [-0.2, -0.15) is 0 Å². The minimum absolute atomic E-state index is 0.0393. The van der Waals surface area contributed by atoms with Crippen molar-refractivity contribution in [1.29, 1.82) is 0 Å². The number of fused-ring (bicyclic) bond motifs is 1. The molecule has 0 radical (unpaired) electrons. The highest BCUT2D eigenvalue weighted by atomic mass is 16.2. The molecule has 0 bridgehead atoms. The maximum Gasteiger partial charge on any atom is 0.239 e. The highest BCUT2D eigenvalue weighted by Gasteiger charge is 2.26. The smallest absolute Gasteiger partial charge is 0.239 e. The number of carbonyl (C=O) groups excluding carboxylic acids is 2. The van der Waals surface area contributed by atoms with E-state index in [0.717, 1.165) is 24.2 Å². The minimum Gasteiger partial charge on any atom is -0.385 e. The van der Waals surface area contributed by atoms with E-state index in [1.54, 1.807) is 0 Å². The van der Waals surface area contributed by atoms with Crippen molar-refractivity contribution in [3.05, 3.63) is 29.8 Å². The molecule has 2 rings (SSSR count). The topological polar surface area (TPSA) is 70.2 Å². The molecule has 1 heterocycles. The highest BCUT2D eigenvalue weighted by Crippen LogP contribution is 2.31. The molecule has 1 aromatic carbocycles. The van der Waals surface area contributed by atoms with Gasteiger partial charge in [-0.25, -0.2) is 0 Å². The van der Waals surface area contributed by atoms with Crippen molar-refractivity contribution in [3.63, 3.8) is 0 Å². The minimum atomic E-state index is -0.180. The van der Waals surface area contributed by atoms with E-state index >= 15 is 0 Å². The third-order valence-electron chi connectivity index (χ3n) is 3.53. The first-order valence-electron chi connectivity index (χ1n) is 7.45. The van der Waals surface area contributed by atoms with Gasteiger partial charge in [0.05, 0.1) is 12.5 Å². The number of rotatable bonds is 5. The Balaban J connectivity index is 1.88. The summed E-state index contributed by atoms with van der Waals surface area (Å²) >= 11 is 0. The van der Waals surface area contributed by atoms with Crippen molar-refractivity contribution in [1.82, 2.24) is 10.6 Å². The van der Waals surface area contributed by atoms with E-state index < -0.39 is 0 Å². The Hall–Kier alpha value is -2.04. The Labute approximate surface area is 125 Å². The Morgan fingerprint density at radius 2 is 2.05 bits per heavy atom. The van der Waals surface area contributed by atoms with Gasteiger partial charge in [-0.3, -0.25) is 9.59 Å². The number of anilines is 1. The molecule has 0 saturated heterocycles. The summed E-state index contributed by atoms with van der Waals surface area (Å²) in [7, 11) is 0. The first-order valence-corrected chi connectivity index (χ1v) is 7.45. The predicted octanol–water partition coefficient (Wildman–Crippen LogP) is 1.47. The van der Waals surface area contributed by atoms with E-state index in [0.29, 0.717) is 12.5 Å². The number of hydrogen-bond donors (Lipinski definition) is 3. The summed E-state index contributed by atoms with van der Waals surface area (Å²) in [6.45, 7) is 5.51. The second-order valence-electron chi connectivity index (χ2n) is 5.77. The van der Waals surface area contributed by atoms with Crippen LogP contribution in [0.5, 0.6) is 0 Å². The number of carbonyl (C=O) groups is 2. The zero-order chi connectivity index (χ0) is 15.2. The fourth-order valence-electron chi connectivity index (χ4n) is 2.41. The van der Waals surface area contributed by atoms with Gasteiger partial charge in [-0.1, -0.05) is 32.0 Å². The highest BCUT2D eigenvalue weighted by molar-refractivity contribution is 5.90. The number of hydrogen-bond acceptors (Lipinski definition) is 3. The molecule has 1 aliphatic heterocycles. The molecule has 0 aromatic heterocycles. The van der Waals surface area contributed by atoms with Crippen molar-refractivity contribution >= 4 is 17.5 Å². The first-order chi connectivity index (χ1) is 10.1. The van der Waals surface area contributed by atoms with Crippen LogP contribution in [0.2, 0.25) is 0 Å². The molecular formula is C16H23N3O2. The van der Waals surface area contributed by atoms with Gasteiger partial charge in [0.25, 0.3) is 0 Å². The summed E-state index contributed by atoms with van der Waals surface area (Å²) in [5.74, 6) is 0.00390. The van der Waals surface area contributed by atoms with Crippen LogP contribution in [0, 0.1) is 5.92 Å². The molecule has 0 saturated carbocycles. The molecule has 1 atom stereocenters. The number of amides is 2. The lowest BCUT2D eigenvalue weighted by Gasteiger charge is -2.25. The largest absolute Gasteiger partial charge is 0.385 e. The Kier molecular flexibility index (Phi) is 5.20. The molecule has 1 aromatic rings. The molecular weight excluding hydrogens is 266 g/mol. The van der Waals surface area contributed by atoms with Gasteiger partial charge in [0.2, 0.25) is 11.8 Å². The summed E-state index contributed by atoms with van der Waals surface area (Å²) in [4.78, 5) is 23.9. The maximum absolute atomic E-state index is 12.3. The van der Waals surface area contributed by atoms with Crippen LogP contribution in [0.15, 0.2) is 24.3 Å². The van der Waals surface area contributed by atoms with Crippen molar-refractivity contribution in [2.45, 2.75) is 26.2 Å². The maximum atomic E-state index is 12.3. The summed E-state index contributed by atoms with van der Waals surface area (Å²) in [5.41, 5.74) is 2.01. The van der Waals surface area contributed by atoms with E-state index in [4.69, 9.17) is 0 Å². The number of nitrogens with one attached hydrogen (secondary N) is 3. The van der Waals surface area contributed by atoms with E-state index in [2.05, 4.69) is 16.0 Å². The average Bonchev–Trinajstić information content (AvgIpc) is 2.50. The van der Waals surface area contributed by atoms with Gasteiger partial charge in [0, 0.05) is 18.8 Å². The molecule has 5 nitrogen and oxygen atoms in total.